The number of rotatable bonds is 55. The predicted molar refractivity (Wildman–Crippen MR) is 504 cm³/mol. The first kappa shape index (κ1) is 111. The van der Waals surface area contributed by atoms with Crippen LogP contribution in [0.2, 0.25) is 30.2 Å². The van der Waals surface area contributed by atoms with Crippen LogP contribution in [0, 0.1) is 0 Å². The van der Waals surface area contributed by atoms with Gasteiger partial charge < -0.3 is 117 Å². The maximum Gasteiger partial charge on any atom is 0.654 e. The van der Waals surface area contributed by atoms with E-state index in [1.54, 1.807) is 62.3 Å². The summed E-state index contributed by atoms with van der Waals surface area (Å²) in [5.74, 6) is 0.575. The molecule has 0 spiro atoms. The van der Waals surface area contributed by atoms with E-state index in [1.807, 2.05) is 0 Å². The Balaban J connectivity index is 0.0000116. The molecule has 1 heterocycles. The summed E-state index contributed by atoms with van der Waals surface area (Å²) < 4.78 is 258. The largest absolute Gasteiger partial charge is 0.654 e. The van der Waals surface area contributed by atoms with E-state index in [0.717, 1.165) is 0 Å². The van der Waals surface area contributed by atoms with Gasteiger partial charge >= 0.3 is 71.6 Å². The van der Waals surface area contributed by atoms with Crippen molar-refractivity contribution in [1.29, 1.82) is 0 Å². The molecule has 5 unspecified atom stereocenters. The second-order valence-corrected chi connectivity index (χ2v) is 58.2. The van der Waals surface area contributed by atoms with Crippen molar-refractivity contribution >= 4 is 134 Å². The Morgan fingerprint density at radius 2 is 0.577 bits per heavy atom. The highest BCUT2D eigenvalue weighted by molar-refractivity contribution is 14.1. The quantitative estimate of drug-likeness (QED) is 0.0102. The number of sulfone groups is 4. The van der Waals surface area contributed by atoms with E-state index < -0.39 is 111 Å². The molecule has 0 saturated carbocycles. The van der Waals surface area contributed by atoms with Gasteiger partial charge in [-0.05, 0) is 293 Å². The van der Waals surface area contributed by atoms with Gasteiger partial charge in [-0.25, -0.2) is 33.7 Å². The molecule has 1 aliphatic rings. The lowest BCUT2D eigenvalue weighted by Gasteiger charge is -2.48. The van der Waals surface area contributed by atoms with Gasteiger partial charge in [0.1, 0.15) is 46.0 Å². The lowest BCUT2D eigenvalue weighted by Crippen LogP contribution is -2.76. The van der Waals surface area contributed by atoms with Crippen LogP contribution in [0.5, 0.6) is 46.0 Å². The van der Waals surface area contributed by atoms with Crippen LogP contribution in [0.1, 0.15) is 109 Å². The molecule has 34 nitrogen and oxygen atoms in total. The van der Waals surface area contributed by atoms with Crippen molar-refractivity contribution in [2.75, 3.05) is 90.3 Å². The number of benzene rings is 8. The van der Waals surface area contributed by atoms with Crippen molar-refractivity contribution in [3.63, 3.8) is 0 Å². The van der Waals surface area contributed by atoms with Gasteiger partial charge in [0.2, 0.25) is 39.3 Å². The molecule has 1 fully saturated rings. The number of halogens is 1. The first-order chi connectivity index (χ1) is 61.2. The third-order valence-electron chi connectivity index (χ3n) is 18.8. The average Bonchev–Trinajstić information content (AvgIpc) is 0.737. The normalized spacial score (nSPS) is 18.4. The van der Waals surface area contributed by atoms with E-state index in [4.69, 9.17) is 91.7 Å². The van der Waals surface area contributed by atoms with Crippen LogP contribution in [0.4, 0.5) is 0 Å². The summed E-state index contributed by atoms with van der Waals surface area (Å²) >= 11 is 2.23. The maximum atomic E-state index is 14.4. The van der Waals surface area contributed by atoms with Crippen LogP contribution in [0.15, 0.2) is 233 Å². The Kier molecular flexibility index (Phi) is 43.9. The molecular weight excluding hydrogens is 2020 g/mol. The molecule has 0 amide bonds. The maximum absolute atomic E-state index is 14.4. The molecule has 720 valence electrons. The van der Waals surface area contributed by atoms with Gasteiger partial charge in [-0.3, -0.25) is 0 Å². The topological polar surface area (TPSA) is 432 Å². The molecule has 9 rings (SSSR count). The molecule has 8 aromatic carbocycles. The second-order valence-electron chi connectivity index (χ2n) is 28.0. The van der Waals surface area contributed by atoms with Crippen LogP contribution >= 0.6 is 22.6 Å². The molecule has 0 radical (unpaired) electrons. The van der Waals surface area contributed by atoms with Crippen molar-refractivity contribution in [1.82, 2.24) is 0 Å². The summed E-state index contributed by atoms with van der Waals surface area (Å²) in [4.78, 5) is 14.0. The third-order valence-corrected chi connectivity index (χ3v) is 55.6. The summed E-state index contributed by atoms with van der Waals surface area (Å²) in [6, 6.07) is 42.7. The van der Waals surface area contributed by atoms with Gasteiger partial charge in [0.15, 0.2) is 0 Å². The zero-order valence-electron chi connectivity index (χ0n) is 72.6. The first-order valence-corrected chi connectivity index (χ1v) is 63.7. The highest BCUT2D eigenvalue weighted by Gasteiger charge is 2.73. The highest BCUT2D eigenvalue weighted by atomic mass is 127. The predicted octanol–water partition coefficient (Wildman–Crippen LogP) is 14.9. The van der Waals surface area contributed by atoms with E-state index in [0.29, 0.717) is 10.8 Å². The Bertz CT molecular complexity index is 5190. The molecule has 1 saturated heterocycles. The van der Waals surface area contributed by atoms with Crippen LogP contribution in [0.25, 0.3) is 0 Å². The van der Waals surface area contributed by atoms with Crippen LogP contribution in [-0.4, -0.2) is 221 Å². The zero-order chi connectivity index (χ0) is 92.8. The molecule has 0 aromatic heterocycles. The Labute approximate surface area is 787 Å². The molecular formula is C83H121IO34S4Si8. The van der Waals surface area contributed by atoms with E-state index in [-0.39, 0.29) is 242 Å². The summed E-state index contributed by atoms with van der Waals surface area (Å²) in [5, 5.41) is 39.8. The van der Waals surface area contributed by atoms with Gasteiger partial charge in [-0.2, -0.15) is 0 Å². The van der Waals surface area contributed by atoms with Crippen LogP contribution in [-0.2, 0) is 112 Å². The molecule has 0 bridgehead atoms. The Morgan fingerprint density at radius 3 is 0.854 bits per heavy atom. The van der Waals surface area contributed by atoms with E-state index in [2.05, 4.69) is 22.6 Å². The molecule has 1 aliphatic heterocycles. The fourth-order valence-electron chi connectivity index (χ4n) is 13.1. The van der Waals surface area contributed by atoms with E-state index in [1.165, 1.54) is 194 Å². The van der Waals surface area contributed by atoms with Gasteiger partial charge in [0.05, 0.1) is 65.6 Å². The lowest BCUT2D eigenvalue weighted by atomic mass is 10.3. The minimum absolute atomic E-state index is 0. The number of alkyl halides is 1. The number of ether oxygens (including phenoxy) is 4. The molecule has 130 heavy (non-hydrogen) atoms. The second kappa shape index (κ2) is 51.6. The van der Waals surface area contributed by atoms with Gasteiger partial charge in [0, 0.05) is 89.7 Å². The zero-order valence-corrected chi connectivity index (χ0v) is 86.2. The van der Waals surface area contributed by atoms with Crippen molar-refractivity contribution in [2.45, 2.75) is 179 Å². The standard InChI is InChI=1S/C81H113IO34S4Si8.2CH4/c1-10-100-121-109-125(107-17-8,64-22-59-98-72-36-52-80(53-37-72)119(91,92)76-44-28-68(85)29-45-76)115-128(113-123(103-13-4,104-14-5)61-19-56-82,114-124(105-15-6,106-16-7)63-21-58-97-71-34-50-79(51-35-71)118(89,90)75-42-26-67(84)27-43-75)116-126(108-18-9,65-23-60-99-73-38-54-81(55-39-73)120(93,94)77-46-30-69(86)31-47-77)112-127(95,110-121)111-122(101-11-2,102-12-3)62-20-57-96-70-32-48-78(49-33-70)117(87,88)74-40-24-66(83)25-41-74;;/h24-55,83-86,95,121H,10-23,56-65H2,1-9H3;2*1H4. The molecule has 47 heteroatoms. The first-order valence-electron chi connectivity index (χ1n) is 41.8. The minimum Gasteiger partial charge on any atom is -0.508 e. The Hall–Kier alpha value is -6.29. The average molecular weight is 2140 g/mol. The molecule has 0 aliphatic carbocycles. The van der Waals surface area contributed by atoms with Gasteiger partial charge in [0.25, 0.3) is 0 Å². The van der Waals surface area contributed by atoms with Crippen molar-refractivity contribution in [3.05, 3.63) is 194 Å². The van der Waals surface area contributed by atoms with Crippen molar-refractivity contribution < 1.29 is 151 Å². The van der Waals surface area contributed by atoms with Crippen molar-refractivity contribution in [3.8, 4) is 46.0 Å². The van der Waals surface area contributed by atoms with Crippen LogP contribution in [0.3, 0.4) is 0 Å². The number of phenols is 4. The molecule has 8 aromatic rings. The fourth-order valence-corrected chi connectivity index (χ4v) is 51.5. The minimum atomic E-state index is -5.90. The SMILES string of the molecule is C.C.CCO[SiH]1O[Si](O)(O[Si](CCCOc2ccc(S(=O)(=O)c3ccc(O)cc3)cc2)(OCC)OCC)O[Si](CCCOc2ccc(S(=O)(=O)c3ccc(O)cc3)cc2)(OCC)O[Si](O[Si](CCCI)(OCC)OCC)(O[Si](CCCOc2ccc(S(=O)(=O)c3ccc(O)cc3)cc2)(OCC)OCC)O[Si](CCCOc2ccc(S(=O)(=O)c3ccc(O)cc3)cc2)(OCC)O1. The van der Waals surface area contributed by atoms with E-state index in [9.17, 15) is 58.9 Å². The number of hydrogen-bond acceptors (Lipinski definition) is 34. The summed E-state index contributed by atoms with van der Waals surface area (Å²) in [6.07, 6.45) is 0.441. The van der Waals surface area contributed by atoms with Gasteiger partial charge in [-0.15, -0.1) is 0 Å². The highest BCUT2D eigenvalue weighted by Crippen LogP contribution is 2.43. The van der Waals surface area contributed by atoms with Crippen LogP contribution < -0.4 is 18.9 Å². The summed E-state index contributed by atoms with van der Waals surface area (Å²) in [6.45, 7) is 13.8. The molecule has 5 N–H and O–H groups in total. The monoisotopic (exact) mass is 2140 g/mol. The third kappa shape index (κ3) is 30.9. The number of phenolic OH excluding ortho intramolecular Hbond substituents is 4. The molecule has 5 atom stereocenters. The number of aromatic hydroxyl groups is 4. The van der Waals surface area contributed by atoms with E-state index >= 15 is 0 Å². The Morgan fingerprint density at radius 1 is 0.323 bits per heavy atom. The summed E-state index contributed by atoms with van der Waals surface area (Å²) in [5.41, 5.74) is 0. The number of hydrogen-bond donors (Lipinski definition) is 5. The summed E-state index contributed by atoms with van der Waals surface area (Å²) in [7, 11) is -56.3. The lowest BCUT2D eigenvalue weighted by molar-refractivity contribution is -0.0278. The van der Waals surface area contributed by atoms with Gasteiger partial charge in [-0.1, -0.05) is 37.4 Å². The van der Waals surface area contributed by atoms with Crippen molar-refractivity contribution in [2.24, 2.45) is 0 Å². The fraction of sp³-hybridized carbons (Fsp3) is 0.422. The smallest absolute Gasteiger partial charge is 0.508 e.